The van der Waals surface area contributed by atoms with Gasteiger partial charge in [0.2, 0.25) is 5.82 Å². The van der Waals surface area contributed by atoms with Crippen molar-refractivity contribution in [2.75, 3.05) is 19.1 Å². The van der Waals surface area contributed by atoms with Gasteiger partial charge < -0.3 is 9.64 Å². The number of hydrogen-bond donors (Lipinski definition) is 1. The monoisotopic (exact) mass is 288 g/mol. The van der Waals surface area contributed by atoms with Crippen molar-refractivity contribution < 1.29 is 9.53 Å². The Hall–Kier alpha value is -2.37. The molecule has 1 N–H and O–H groups in total. The number of ether oxygens (including phenoxy) is 1. The van der Waals surface area contributed by atoms with Crippen LogP contribution in [0, 0.1) is 0 Å². The second-order valence-corrected chi connectivity index (χ2v) is 5.79. The van der Waals surface area contributed by atoms with Crippen molar-refractivity contribution in [3.63, 3.8) is 0 Å². The van der Waals surface area contributed by atoms with Gasteiger partial charge in [-0.05, 0) is 12.1 Å². The van der Waals surface area contributed by atoms with E-state index in [1.165, 1.54) is 4.90 Å². The fraction of sp³-hybridized carbons (Fsp3) is 0.400. The first-order valence-corrected chi connectivity index (χ1v) is 6.68. The lowest BCUT2D eigenvalue weighted by atomic mass is 9.96. The summed E-state index contributed by atoms with van der Waals surface area (Å²) in [7, 11) is 3.25. The van der Waals surface area contributed by atoms with Crippen LogP contribution in [-0.4, -0.2) is 35.2 Å². The minimum absolute atomic E-state index is 0.147. The summed E-state index contributed by atoms with van der Waals surface area (Å²) < 4.78 is 5.27. The maximum absolute atomic E-state index is 12.5. The lowest BCUT2D eigenvalue weighted by Crippen LogP contribution is -2.28. The van der Waals surface area contributed by atoms with Gasteiger partial charge in [0.05, 0.1) is 12.8 Å². The molecule has 112 valence electrons. The molecule has 0 atom stereocenters. The highest BCUT2D eigenvalue weighted by molar-refractivity contribution is 6.03. The van der Waals surface area contributed by atoms with Crippen LogP contribution in [0.3, 0.4) is 0 Å². The van der Waals surface area contributed by atoms with Crippen LogP contribution in [0.4, 0.5) is 5.69 Å². The maximum Gasteiger partial charge on any atom is 0.297 e. The fourth-order valence-electron chi connectivity index (χ4n) is 1.86. The van der Waals surface area contributed by atoms with E-state index in [9.17, 15) is 4.79 Å². The molecule has 1 aromatic carbocycles. The van der Waals surface area contributed by atoms with E-state index in [-0.39, 0.29) is 17.1 Å². The molecule has 0 radical (unpaired) electrons. The number of amides is 1. The van der Waals surface area contributed by atoms with E-state index in [0.717, 1.165) is 0 Å². The highest BCUT2D eigenvalue weighted by atomic mass is 16.5. The number of anilines is 1. The number of carbonyl (C=O) groups is 1. The van der Waals surface area contributed by atoms with Crippen LogP contribution in [0.2, 0.25) is 0 Å². The lowest BCUT2D eigenvalue weighted by molar-refractivity contribution is 0.0983. The Morgan fingerprint density at radius 1 is 1.29 bits per heavy atom. The first-order valence-electron chi connectivity index (χ1n) is 6.68. The number of hydrogen-bond acceptors (Lipinski definition) is 4. The van der Waals surface area contributed by atoms with E-state index < -0.39 is 0 Å². The largest absolute Gasteiger partial charge is 0.495 e. The zero-order valence-corrected chi connectivity index (χ0v) is 13.0. The van der Waals surface area contributed by atoms with Crippen LogP contribution >= 0.6 is 0 Å². The van der Waals surface area contributed by atoms with Crippen molar-refractivity contribution >= 4 is 11.6 Å². The number of para-hydroxylation sites is 2. The molecular formula is C15H20N4O2. The molecule has 1 aromatic heterocycles. The molecule has 6 heteroatoms. The molecule has 2 rings (SSSR count). The molecule has 0 saturated heterocycles. The smallest absolute Gasteiger partial charge is 0.297 e. The van der Waals surface area contributed by atoms with Gasteiger partial charge in [-0.3, -0.25) is 9.89 Å². The zero-order chi connectivity index (χ0) is 15.6. The second kappa shape index (κ2) is 5.55. The van der Waals surface area contributed by atoms with Gasteiger partial charge in [-0.15, -0.1) is 5.10 Å². The Labute approximate surface area is 124 Å². The Bertz CT molecular complexity index is 643. The summed E-state index contributed by atoms with van der Waals surface area (Å²) in [6, 6.07) is 7.32. The fourth-order valence-corrected chi connectivity index (χ4v) is 1.86. The van der Waals surface area contributed by atoms with E-state index in [1.807, 2.05) is 39.0 Å². The molecule has 0 aliphatic carbocycles. The average Bonchev–Trinajstić information content (AvgIpc) is 2.95. The van der Waals surface area contributed by atoms with Gasteiger partial charge >= 0.3 is 0 Å². The molecule has 0 bridgehead atoms. The number of benzene rings is 1. The van der Waals surface area contributed by atoms with Crippen molar-refractivity contribution in [1.82, 2.24) is 15.2 Å². The number of nitrogens with one attached hydrogen (secondary N) is 1. The first kappa shape index (κ1) is 15.0. The number of rotatable bonds is 3. The Kier molecular flexibility index (Phi) is 3.97. The van der Waals surface area contributed by atoms with E-state index in [4.69, 9.17) is 4.74 Å². The predicted molar refractivity (Wildman–Crippen MR) is 80.8 cm³/mol. The summed E-state index contributed by atoms with van der Waals surface area (Å²) in [6.45, 7) is 6.02. The van der Waals surface area contributed by atoms with Crippen LogP contribution in [0.15, 0.2) is 24.3 Å². The van der Waals surface area contributed by atoms with Crippen molar-refractivity contribution in [2.45, 2.75) is 26.2 Å². The molecule has 2 aromatic rings. The third kappa shape index (κ3) is 3.04. The highest BCUT2D eigenvalue weighted by Crippen LogP contribution is 2.27. The first-order chi connectivity index (χ1) is 9.84. The van der Waals surface area contributed by atoms with Gasteiger partial charge in [-0.2, -0.15) is 0 Å². The summed E-state index contributed by atoms with van der Waals surface area (Å²) in [5, 5.41) is 6.84. The van der Waals surface area contributed by atoms with E-state index in [1.54, 1.807) is 20.2 Å². The van der Waals surface area contributed by atoms with E-state index in [2.05, 4.69) is 15.2 Å². The Balaban J connectivity index is 2.29. The van der Waals surface area contributed by atoms with Crippen molar-refractivity contribution in [3.8, 4) is 5.75 Å². The molecular weight excluding hydrogens is 268 g/mol. The molecule has 0 unspecified atom stereocenters. The minimum atomic E-state index is -0.286. The zero-order valence-electron chi connectivity index (χ0n) is 13.0. The SMILES string of the molecule is COc1ccccc1N(C)C(=O)c1n[nH]c(C(C)(C)C)n1. The van der Waals surface area contributed by atoms with Crippen molar-refractivity contribution in [3.05, 3.63) is 35.9 Å². The van der Waals surface area contributed by atoms with Crippen LogP contribution in [0.25, 0.3) is 0 Å². The maximum atomic E-state index is 12.5. The standard InChI is InChI=1S/C15H20N4O2/c1-15(2,3)14-16-12(17-18-14)13(20)19(4)10-8-6-7-9-11(10)21-5/h6-9H,1-5H3,(H,16,17,18). The third-order valence-corrected chi connectivity index (χ3v) is 3.14. The van der Waals surface area contributed by atoms with Gasteiger partial charge in [0.15, 0.2) is 0 Å². The Morgan fingerprint density at radius 3 is 2.52 bits per heavy atom. The molecule has 0 fully saturated rings. The number of methoxy groups -OCH3 is 1. The van der Waals surface area contributed by atoms with Crippen LogP contribution in [0.5, 0.6) is 5.75 Å². The Morgan fingerprint density at radius 2 is 1.95 bits per heavy atom. The van der Waals surface area contributed by atoms with Gasteiger partial charge in [0.1, 0.15) is 11.6 Å². The molecule has 0 aliphatic heterocycles. The number of carbonyl (C=O) groups excluding carboxylic acids is 1. The normalized spacial score (nSPS) is 11.3. The van der Waals surface area contributed by atoms with Crippen LogP contribution in [0.1, 0.15) is 37.2 Å². The molecule has 21 heavy (non-hydrogen) atoms. The number of nitrogens with zero attached hydrogens (tertiary/aromatic N) is 3. The molecule has 1 amide bonds. The summed E-state index contributed by atoms with van der Waals surface area (Å²) in [5.74, 6) is 1.17. The van der Waals surface area contributed by atoms with Crippen molar-refractivity contribution in [2.24, 2.45) is 0 Å². The number of aromatic nitrogens is 3. The van der Waals surface area contributed by atoms with Gasteiger partial charge in [0, 0.05) is 12.5 Å². The summed E-state index contributed by atoms with van der Waals surface area (Å²) in [6.07, 6.45) is 0. The predicted octanol–water partition coefficient (Wildman–Crippen LogP) is 2.39. The second-order valence-electron chi connectivity index (χ2n) is 5.79. The quantitative estimate of drug-likeness (QED) is 0.941. The van der Waals surface area contributed by atoms with Gasteiger partial charge in [0.25, 0.3) is 5.91 Å². The number of aromatic amines is 1. The topological polar surface area (TPSA) is 71.1 Å². The van der Waals surface area contributed by atoms with Crippen LogP contribution < -0.4 is 9.64 Å². The van der Waals surface area contributed by atoms with Crippen molar-refractivity contribution in [1.29, 1.82) is 0 Å². The summed E-state index contributed by atoms with van der Waals surface area (Å²) in [5.41, 5.74) is 0.487. The lowest BCUT2D eigenvalue weighted by Gasteiger charge is -2.18. The van der Waals surface area contributed by atoms with E-state index >= 15 is 0 Å². The van der Waals surface area contributed by atoms with Crippen LogP contribution in [-0.2, 0) is 5.41 Å². The van der Waals surface area contributed by atoms with Gasteiger partial charge in [-0.1, -0.05) is 32.9 Å². The molecule has 1 heterocycles. The summed E-state index contributed by atoms with van der Waals surface area (Å²) >= 11 is 0. The summed E-state index contributed by atoms with van der Waals surface area (Å²) in [4.78, 5) is 18.2. The van der Waals surface area contributed by atoms with E-state index in [0.29, 0.717) is 17.3 Å². The minimum Gasteiger partial charge on any atom is -0.495 e. The molecule has 6 nitrogen and oxygen atoms in total. The average molecular weight is 288 g/mol. The highest BCUT2D eigenvalue weighted by Gasteiger charge is 2.24. The molecule has 0 spiro atoms. The number of H-pyrrole nitrogens is 1. The molecule has 0 saturated carbocycles. The molecule has 0 aliphatic rings. The third-order valence-electron chi connectivity index (χ3n) is 3.14. The van der Waals surface area contributed by atoms with Gasteiger partial charge in [-0.25, -0.2) is 4.98 Å².